The van der Waals surface area contributed by atoms with Crippen LogP contribution in [0.2, 0.25) is 0 Å². The minimum Gasteiger partial charge on any atom is -0.399 e. The summed E-state index contributed by atoms with van der Waals surface area (Å²) < 4.78 is 27.6. The van der Waals surface area contributed by atoms with Crippen molar-refractivity contribution in [1.29, 1.82) is 0 Å². The second kappa shape index (κ2) is 8.93. The number of anilines is 1. The van der Waals surface area contributed by atoms with Gasteiger partial charge in [-0.15, -0.1) is 11.3 Å². The lowest BCUT2D eigenvalue weighted by molar-refractivity contribution is -0.129. The molecule has 2 heterocycles. The molecule has 0 saturated carbocycles. The lowest BCUT2D eigenvalue weighted by Gasteiger charge is -2.35. The molecule has 10 heteroatoms. The number of hydrogen-bond donors (Lipinski definition) is 4. The van der Waals surface area contributed by atoms with Gasteiger partial charge in [-0.25, -0.2) is 14.3 Å². The van der Waals surface area contributed by atoms with Gasteiger partial charge < -0.3 is 16.0 Å². The van der Waals surface area contributed by atoms with Crippen molar-refractivity contribution in [2.24, 2.45) is 5.73 Å². The minimum atomic E-state index is -1.11. The van der Waals surface area contributed by atoms with E-state index in [1.807, 2.05) is 23.1 Å². The highest BCUT2D eigenvalue weighted by atomic mass is 32.1. The maximum Gasteiger partial charge on any atom is 0.251 e. The van der Waals surface area contributed by atoms with Crippen molar-refractivity contribution in [1.82, 2.24) is 10.8 Å². The van der Waals surface area contributed by atoms with Gasteiger partial charge in [0.2, 0.25) is 5.91 Å². The van der Waals surface area contributed by atoms with E-state index in [0.717, 1.165) is 33.5 Å². The van der Waals surface area contributed by atoms with Gasteiger partial charge in [0.05, 0.1) is 12.2 Å². The molecule has 166 valence electrons. The van der Waals surface area contributed by atoms with Crippen LogP contribution in [0.25, 0.3) is 10.1 Å². The highest BCUT2D eigenvalue weighted by Gasteiger charge is 2.29. The van der Waals surface area contributed by atoms with E-state index < -0.39 is 23.4 Å². The molecule has 2 amide bonds. The number of nitrogens with one attached hydrogen (secondary N) is 2. The number of nitrogens with zero attached hydrogens (tertiary/aromatic N) is 1. The van der Waals surface area contributed by atoms with Gasteiger partial charge in [-0.3, -0.25) is 14.8 Å². The molecular weight excluding hydrogens is 438 g/mol. The van der Waals surface area contributed by atoms with Crippen molar-refractivity contribution in [3.8, 4) is 0 Å². The number of nitrogens with two attached hydrogens (primary N) is 1. The fourth-order valence-electron chi connectivity index (χ4n) is 3.80. The number of hydrogen-bond acceptors (Lipinski definition) is 6. The van der Waals surface area contributed by atoms with Crippen molar-refractivity contribution in [2.45, 2.75) is 18.9 Å². The molecule has 0 saturated heterocycles. The standard InChI is InChI=1S/C22H20F2N4O3S/c23-16-5-4-12(7-17(16)24)22(30)26-9-14(25)10-28-15(8-20(29)27-31)6-13-11-32-19-3-1-2-18(28)21(13)19/h1-5,7,10-11,15,31H,6,8-9,25H2,(H,26,30)(H,27,29)/b14-10-/t15-/m1/s1. The number of benzene rings is 2. The fraction of sp³-hybridized carbons (Fsp3) is 0.182. The first-order valence-corrected chi connectivity index (χ1v) is 10.6. The van der Waals surface area contributed by atoms with Crippen LogP contribution in [-0.4, -0.2) is 29.6 Å². The molecule has 0 aliphatic carbocycles. The van der Waals surface area contributed by atoms with Crippen LogP contribution in [0.4, 0.5) is 14.5 Å². The van der Waals surface area contributed by atoms with Crippen LogP contribution in [0, 0.1) is 11.6 Å². The van der Waals surface area contributed by atoms with Crippen molar-refractivity contribution < 1.29 is 23.6 Å². The first kappa shape index (κ1) is 21.7. The summed E-state index contributed by atoms with van der Waals surface area (Å²) in [6.45, 7) is -0.0419. The van der Waals surface area contributed by atoms with E-state index in [9.17, 15) is 18.4 Å². The number of carbonyl (C=O) groups excluding carboxylic acids is 2. The normalized spacial score (nSPS) is 15.7. The minimum absolute atomic E-state index is 0.0279. The molecule has 4 rings (SSSR count). The van der Waals surface area contributed by atoms with Crippen LogP contribution in [0.15, 0.2) is 53.7 Å². The van der Waals surface area contributed by atoms with E-state index in [2.05, 4.69) is 10.7 Å². The van der Waals surface area contributed by atoms with Crippen LogP contribution >= 0.6 is 11.3 Å². The van der Waals surface area contributed by atoms with Gasteiger partial charge in [-0.1, -0.05) is 6.07 Å². The van der Waals surface area contributed by atoms with Gasteiger partial charge in [-0.2, -0.15) is 0 Å². The Bertz CT molecular complexity index is 1230. The predicted molar refractivity (Wildman–Crippen MR) is 117 cm³/mol. The molecule has 1 aliphatic rings. The maximum atomic E-state index is 13.4. The Morgan fingerprint density at radius 1 is 1.25 bits per heavy atom. The highest BCUT2D eigenvalue weighted by molar-refractivity contribution is 7.17. The number of rotatable bonds is 6. The maximum absolute atomic E-state index is 13.4. The van der Waals surface area contributed by atoms with E-state index >= 15 is 0 Å². The zero-order valence-electron chi connectivity index (χ0n) is 16.8. The van der Waals surface area contributed by atoms with Crippen molar-refractivity contribution in [2.75, 3.05) is 11.4 Å². The molecule has 3 aromatic rings. The highest BCUT2D eigenvalue weighted by Crippen LogP contribution is 2.41. The Morgan fingerprint density at radius 2 is 2.06 bits per heavy atom. The average Bonchev–Trinajstić information content (AvgIpc) is 3.20. The number of amides is 2. The van der Waals surface area contributed by atoms with Gasteiger partial charge in [0.15, 0.2) is 11.6 Å². The molecule has 1 atom stereocenters. The summed E-state index contributed by atoms with van der Waals surface area (Å²) in [6.07, 6.45) is 2.26. The molecule has 0 bridgehead atoms. The lowest BCUT2D eigenvalue weighted by Crippen LogP contribution is -2.40. The molecule has 0 unspecified atom stereocenters. The molecule has 0 radical (unpaired) electrons. The van der Waals surface area contributed by atoms with Gasteiger partial charge in [0, 0.05) is 40.0 Å². The van der Waals surface area contributed by atoms with E-state index in [1.165, 1.54) is 6.07 Å². The van der Waals surface area contributed by atoms with E-state index in [1.54, 1.807) is 23.0 Å². The Hall–Kier alpha value is -3.50. The summed E-state index contributed by atoms with van der Waals surface area (Å²) in [5.74, 6) is -3.27. The van der Waals surface area contributed by atoms with Crippen molar-refractivity contribution in [3.05, 3.63) is 76.4 Å². The number of carbonyl (C=O) groups is 2. The zero-order valence-corrected chi connectivity index (χ0v) is 17.6. The molecule has 5 N–H and O–H groups in total. The summed E-state index contributed by atoms with van der Waals surface area (Å²) in [4.78, 5) is 26.0. The predicted octanol–water partition coefficient (Wildman–Crippen LogP) is 3.04. The Balaban J connectivity index is 1.57. The summed E-state index contributed by atoms with van der Waals surface area (Å²) >= 11 is 1.61. The summed E-state index contributed by atoms with van der Waals surface area (Å²) in [5.41, 5.74) is 10.1. The van der Waals surface area contributed by atoms with E-state index in [0.29, 0.717) is 12.1 Å². The van der Waals surface area contributed by atoms with Crippen molar-refractivity contribution >= 4 is 38.9 Å². The zero-order chi connectivity index (χ0) is 22.8. The molecular formula is C22H20F2N4O3S. The molecule has 32 heavy (non-hydrogen) atoms. The number of halogens is 2. The van der Waals surface area contributed by atoms with Crippen molar-refractivity contribution in [3.63, 3.8) is 0 Å². The summed E-state index contributed by atoms with van der Waals surface area (Å²) in [5, 5.41) is 14.7. The van der Waals surface area contributed by atoms with Crippen LogP contribution in [0.3, 0.4) is 0 Å². The molecule has 0 fully saturated rings. The van der Waals surface area contributed by atoms with E-state index in [4.69, 9.17) is 10.9 Å². The fourth-order valence-corrected chi connectivity index (χ4v) is 4.79. The molecule has 0 spiro atoms. The lowest BCUT2D eigenvalue weighted by atomic mass is 9.94. The van der Waals surface area contributed by atoms with Crippen LogP contribution in [-0.2, 0) is 11.2 Å². The second-order valence-electron chi connectivity index (χ2n) is 7.43. The number of hydroxylamine groups is 1. The second-order valence-corrected chi connectivity index (χ2v) is 8.34. The van der Waals surface area contributed by atoms with Gasteiger partial charge in [0.1, 0.15) is 0 Å². The molecule has 1 aliphatic heterocycles. The monoisotopic (exact) mass is 458 g/mol. The third-order valence-electron chi connectivity index (χ3n) is 5.27. The smallest absolute Gasteiger partial charge is 0.251 e. The Kier molecular flexibility index (Phi) is 6.06. The SMILES string of the molecule is N/C(=C\N1c2cccc3scc(c23)C[C@@H]1CC(=O)NO)CNC(=O)c1ccc(F)c(F)c1. The summed E-state index contributed by atoms with van der Waals surface area (Å²) in [6, 6.07) is 8.43. The topological polar surface area (TPSA) is 108 Å². The van der Waals surface area contributed by atoms with Gasteiger partial charge in [-0.05, 0) is 47.7 Å². The molecule has 2 aromatic carbocycles. The van der Waals surface area contributed by atoms with Gasteiger partial charge >= 0.3 is 0 Å². The Labute approximate surface area is 186 Å². The first-order valence-electron chi connectivity index (χ1n) is 9.77. The van der Waals surface area contributed by atoms with Crippen LogP contribution in [0.5, 0.6) is 0 Å². The average molecular weight is 458 g/mol. The third-order valence-corrected chi connectivity index (χ3v) is 6.26. The summed E-state index contributed by atoms with van der Waals surface area (Å²) in [7, 11) is 0. The largest absolute Gasteiger partial charge is 0.399 e. The quantitative estimate of drug-likeness (QED) is 0.336. The first-order chi connectivity index (χ1) is 15.4. The molecule has 1 aromatic heterocycles. The van der Waals surface area contributed by atoms with Gasteiger partial charge in [0.25, 0.3) is 5.91 Å². The van der Waals surface area contributed by atoms with E-state index in [-0.39, 0.29) is 24.6 Å². The van der Waals surface area contributed by atoms with Crippen LogP contribution in [0.1, 0.15) is 22.3 Å². The third kappa shape index (κ3) is 4.27. The Morgan fingerprint density at radius 3 is 2.81 bits per heavy atom. The molecule has 7 nitrogen and oxygen atoms in total. The van der Waals surface area contributed by atoms with Crippen LogP contribution < -0.4 is 21.4 Å². The number of thiophene rings is 1.